The van der Waals surface area contributed by atoms with Crippen LogP contribution < -0.4 is 16.0 Å². The number of anilines is 1. The molecule has 2 aliphatic heterocycles. The summed E-state index contributed by atoms with van der Waals surface area (Å²) in [5.74, 6) is -0.329. The largest absolute Gasteiger partial charge is 0.342 e. The molecule has 7 nitrogen and oxygen atoms in total. The highest BCUT2D eigenvalue weighted by Crippen LogP contribution is 2.29. The highest BCUT2D eigenvalue weighted by atomic mass is 35.5. The Labute approximate surface area is 183 Å². The number of rotatable bonds is 4. The fourth-order valence-electron chi connectivity index (χ4n) is 3.89. The van der Waals surface area contributed by atoms with Crippen LogP contribution in [0.1, 0.15) is 12.0 Å². The smallest absolute Gasteiger partial charge is 0.319 e. The quantitative estimate of drug-likeness (QED) is 0.674. The third kappa shape index (κ3) is 4.22. The summed E-state index contributed by atoms with van der Waals surface area (Å²) in [7, 11) is 0. The Kier molecular flexibility index (Phi) is 5.83. The minimum Gasteiger partial charge on any atom is -0.342 e. The van der Waals surface area contributed by atoms with E-state index in [0.29, 0.717) is 23.6 Å². The predicted molar refractivity (Wildman–Crippen MR) is 115 cm³/mol. The summed E-state index contributed by atoms with van der Waals surface area (Å²) in [5, 5.41) is 8.87. The van der Waals surface area contributed by atoms with Gasteiger partial charge in [-0.15, -0.1) is 0 Å². The molecule has 2 aliphatic rings. The third-order valence-electron chi connectivity index (χ3n) is 5.32. The maximum atomic E-state index is 12.9. The highest BCUT2D eigenvalue weighted by molar-refractivity contribution is 6.43. The van der Waals surface area contributed by atoms with Crippen molar-refractivity contribution in [2.45, 2.75) is 31.0 Å². The van der Waals surface area contributed by atoms with Crippen molar-refractivity contribution >= 4 is 46.7 Å². The third-order valence-corrected chi connectivity index (χ3v) is 6.14. The number of amides is 4. The normalized spacial score (nSPS) is 23.0. The summed E-state index contributed by atoms with van der Waals surface area (Å²) in [6.45, 7) is 0.277. The average molecular weight is 447 g/mol. The molecule has 4 rings (SSSR count). The Balaban J connectivity index is 1.38. The van der Waals surface area contributed by atoms with Crippen LogP contribution in [0.3, 0.4) is 0 Å². The van der Waals surface area contributed by atoms with Gasteiger partial charge in [0.05, 0.1) is 21.8 Å². The highest BCUT2D eigenvalue weighted by Gasteiger charge is 2.46. The molecule has 9 heteroatoms. The van der Waals surface area contributed by atoms with Crippen LogP contribution >= 0.6 is 23.2 Å². The van der Waals surface area contributed by atoms with Crippen LogP contribution in [0.2, 0.25) is 10.0 Å². The van der Waals surface area contributed by atoms with Gasteiger partial charge in [-0.05, 0) is 24.1 Å². The molecule has 156 valence electrons. The molecule has 0 bridgehead atoms. The maximum Gasteiger partial charge on any atom is 0.319 e. The van der Waals surface area contributed by atoms with Gasteiger partial charge < -0.3 is 20.9 Å². The first-order chi connectivity index (χ1) is 14.4. The van der Waals surface area contributed by atoms with E-state index in [1.54, 1.807) is 23.1 Å². The van der Waals surface area contributed by atoms with E-state index in [1.807, 2.05) is 30.3 Å². The molecule has 3 N–H and O–H groups in total. The number of hydrogen-bond acceptors (Lipinski definition) is 3. The lowest BCUT2D eigenvalue weighted by Gasteiger charge is -2.34. The molecule has 2 aromatic carbocycles. The van der Waals surface area contributed by atoms with Crippen LogP contribution in [-0.2, 0) is 16.0 Å². The van der Waals surface area contributed by atoms with Crippen molar-refractivity contribution in [3.8, 4) is 0 Å². The summed E-state index contributed by atoms with van der Waals surface area (Å²) >= 11 is 12.1. The van der Waals surface area contributed by atoms with E-state index in [1.165, 1.54) is 0 Å². The number of urea groups is 1. The van der Waals surface area contributed by atoms with E-state index in [2.05, 4.69) is 16.0 Å². The van der Waals surface area contributed by atoms with Gasteiger partial charge in [0, 0.05) is 13.0 Å². The van der Waals surface area contributed by atoms with Gasteiger partial charge >= 0.3 is 6.03 Å². The zero-order valence-electron chi connectivity index (χ0n) is 15.9. The predicted octanol–water partition coefficient (Wildman–Crippen LogP) is 2.83. The molecule has 2 fully saturated rings. The molecule has 2 aromatic rings. The van der Waals surface area contributed by atoms with Crippen LogP contribution in [0.25, 0.3) is 0 Å². The molecule has 2 saturated heterocycles. The molecule has 0 radical (unpaired) electrons. The Morgan fingerprint density at radius 3 is 2.63 bits per heavy atom. The van der Waals surface area contributed by atoms with E-state index in [9.17, 15) is 14.4 Å². The lowest BCUT2D eigenvalue weighted by atomic mass is 10.0. The van der Waals surface area contributed by atoms with Crippen molar-refractivity contribution in [3.05, 3.63) is 64.1 Å². The molecular formula is C21H20Cl2N4O3. The maximum absolute atomic E-state index is 12.9. The second-order valence-electron chi connectivity index (χ2n) is 7.39. The van der Waals surface area contributed by atoms with Crippen molar-refractivity contribution in [1.82, 2.24) is 15.5 Å². The van der Waals surface area contributed by atoms with Gasteiger partial charge in [0.1, 0.15) is 12.1 Å². The van der Waals surface area contributed by atoms with Crippen LogP contribution in [0.15, 0.2) is 48.5 Å². The van der Waals surface area contributed by atoms with Crippen LogP contribution in [-0.4, -0.2) is 47.4 Å². The van der Waals surface area contributed by atoms with Crippen molar-refractivity contribution < 1.29 is 14.4 Å². The number of hydrogen-bond donors (Lipinski definition) is 3. The minimum atomic E-state index is -0.603. The number of piperazine rings is 1. The van der Waals surface area contributed by atoms with Gasteiger partial charge in [-0.2, -0.15) is 0 Å². The van der Waals surface area contributed by atoms with Crippen molar-refractivity contribution in [1.29, 1.82) is 0 Å². The molecule has 0 saturated carbocycles. The second-order valence-corrected chi connectivity index (χ2v) is 8.17. The van der Waals surface area contributed by atoms with Crippen molar-refractivity contribution in [2.24, 2.45) is 0 Å². The number of carbonyl (C=O) groups is 3. The fourth-order valence-corrected chi connectivity index (χ4v) is 4.24. The number of fused-ring (bicyclic) bond motifs is 1. The van der Waals surface area contributed by atoms with Gasteiger partial charge in [0.25, 0.3) is 0 Å². The summed E-state index contributed by atoms with van der Waals surface area (Å²) in [5.41, 5.74) is 1.36. The SMILES string of the molecule is O=C(Nc1cccc(Cl)c1Cl)N[C@H]1C[C@H]2C(=O)N[C@H](Cc3ccccc3)C(=O)N2C1. The Bertz CT molecular complexity index is 985. The van der Waals surface area contributed by atoms with E-state index >= 15 is 0 Å². The molecule has 0 unspecified atom stereocenters. The van der Waals surface area contributed by atoms with Gasteiger partial charge in [0.15, 0.2) is 0 Å². The number of nitrogens with zero attached hydrogens (tertiary/aromatic N) is 1. The lowest BCUT2D eigenvalue weighted by molar-refractivity contribution is -0.147. The van der Waals surface area contributed by atoms with Crippen molar-refractivity contribution in [2.75, 3.05) is 11.9 Å². The Morgan fingerprint density at radius 2 is 1.87 bits per heavy atom. The molecular weight excluding hydrogens is 427 g/mol. The summed E-state index contributed by atoms with van der Waals surface area (Å²) in [6.07, 6.45) is 0.785. The van der Waals surface area contributed by atoms with Gasteiger partial charge in [-0.3, -0.25) is 9.59 Å². The minimum absolute atomic E-state index is 0.133. The molecule has 0 spiro atoms. The van der Waals surface area contributed by atoms with E-state index < -0.39 is 18.1 Å². The monoisotopic (exact) mass is 446 g/mol. The zero-order chi connectivity index (χ0) is 21.3. The standard InChI is InChI=1S/C21H20Cl2N4O3/c22-14-7-4-8-15(18(14)23)26-21(30)24-13-10-17-19(28)25-16(20(29)27(17)11-13)9-12-5-2-1-3-6-12/h1-8,13,16-17H,9-11H2,(H,25,28)(H2,24,26,30)/t13-,16+,17-/m0/s1. The number of carbonyl (C=O) groups excluding carboxylic acids is 3. The molecule has 2 heterocycles. The first-order valence-electron chi connectivity index (χ1n) is 9.58. The first-order valence-corrected chi connectivity index (χ1v) is 10.3. The van der Waals surface area contributed by atoms with Gasteiger partial charge in [0.2, 0.25) is 11.8 Å². The van der Waals surface area contributed by atoms with Crippen LogP contribution in [0, 0.1) is 0 Å². The molecule has 4 amide bonds. The fraction of sp³-hybridized carbons (Fsp3) is 0.286. The lowest BCUT2D eigenvalue weighted by Crippen LogP contribution is -2.61. The van der Waals surface area contributed by atoms with E-state index in [4.69, 9.17) is 23.2 Å². The Hall–Kier alpha value is -2.77. The number of benzene rings is 2. The molecule has 0 aliphatic carbocycles. The second kappa shape index (κ2) is 8.53. The molecule has 30 heavy (non-hydrogen) atoms. The van der Waals surface area contributed by atoms with Gasteiger partial charge in [-0.25, -0.2) is 4.79 Å². The van der Waals surface area contributed by atoms with Gasteiger partial charge in [-0.1, -0.05) is 59.6 Å². The van der Waals surface area contributed by atoms with Crippen LogP contribution in [0.4, 0.5) is 10.5 Å². The molecule has 3 atom stereocenters. The zero-order valence-corrected chi connectivity index (χ0v) is 17.4. The first kappa shape index (κ1) is 20.5. The van der Waals surface area contributed by atoms with Crippen LogP contribution in [0.5, 0.6) is 0 Å². The summed E-state index contributed by atoms with van der Waals surface area (Å²) in [4.78, 5) is 39.4. The van der Waals surface area contributed by atoms with Crippen molar-refractivity contribution in [3.63, 3.8) is 0 Å². The van der Waals surface area contributed by atoms with E-state index in [-0.39, 0.29) is 29.4 Å². The topological polar surface area (TPSA) is 90.5 Å². The summed E-state index contributed by atoms with van der Waals surface area (Å²) < 4.78 is 0. The Morgan fingerprint density at radius 1 is 1.10 bits per heavy atom. The number of nitrogens with one attached hydrogen (secondary N) is 3. The average Bonchev–Trinajstić information content (AvgIpc) is 3.15. The molecule has 0 aromatic heterocycles. The van der Waals surface area contributed by atoms with E-state index in [0.717, 1.165) is 5.56 Å². The summed E-state index contributed by atoms with van der Waals surface area (Å²) in [6, 6.07) is 12.5. The number of halogens is 2.